The van der Waals surface area contributed by atoms with E-state index in [4.69, 9.17) is 13.9 Å². The lowest BCUT2D eigenvalue weighted by Crippen LogP contribution is -2.37. The Morgan fingerprint density at radius 2 is 1.96 bits per heavy atom. The van der Waals surface area contributed by atoms with Crippen LogP contribution in [0.1, 0.15) is 17.4 Å². The number of halogens is 2. The quantitative estimate of drug-likeness (QED) is 0.815. The van der Waals surface area contributed by atoms with Crippen molar-refractivity contribution < 1.29 is 18.7 Å². The first kappa shape index (κ1) is 21.1. The fraction of sp³-hybridized carbons (Fsp3) is 0.375. The van der Waals surface area contributed by atoms with Crippen LogP contribution in [0.5, 0.6) is 11.5 Å². The summed E-state index contributed by atoms with van der Waals surface area (Å²) in [7, 11) is 1.84. The molecule has 9 heteroatoms. The van der Waals surface area contributed by atoms with Gasteiger partial charge in [0.25, 0.3) is 5.91 Å². The van der Waals surface area contributed by atoms with Crippen molar-refractivity contribution in [3.8, 4) is 22.8 Å². The van der Waals surface area contributed by atoms with Crippen LogP contribution < -0.4 is 20.1 Å². The fourth-order valence-corrected chi connectivity index (χ4v) is 2.23. The molecule has 0 spiro atoms. The molecule has 1 aliphatic heterocycles. The predicted molar refractivity (Wildman–Crippen MR) is 98.3 cm³/mol. The molecule has 1 aliphatic rings. The van der Waals surface area contributed by atoms with Crippen LogP contribution >= 0.6 is 24.8 Å². The molecule has 3 rings (SSSR count). The molecule has 1 atom stereocenters. The van der Waals surface area contributed by atoms with E-state index in [-0.39, 0.29) is 42.5 Å². The number of oxazole rings is 1. The summed E-state index contributed by atoms with van der Waals surface area (Å²) in [5.74, 6) is 1.47. The third kappa shape index (κ3) is 4.78. The lowest BCUT2D eigenvalue weighted by Gasteiger charge is -2.18. The molecule has 0 fully saturated rings. The van der Waals surface area contributed by atoms with Crippen molar-refractivity contribution in [2.45, 2.75) is 13.0 Å². The van der Waals surface area contributed by atoms with E-state index in [1.54, 1.807) is 12.1 Å². The van der Waals surface area contributed by atoms with E-state index in [1.165, 1.54) is 6.39 Å². The summed E-state index contributed by atoms with van der Waals surface area (Å²) in [6.07, 6.45) is 1.27. The Kier molecular flexibility index (Phi) is 8.02. The van der Waals surface area contributed by atoms with Crippen LogP contribution in [0.25, 0.3) is 11.3 Å². The monoisotopic (exact) mass is 389 g/mol. The van der Waals surface area contributed by atoms with Gasteiger partial charge in [-0.1, -0.05) is 0 Å². The molecular weight excluding hydrogens is 369 g/mol. The first-order valence-electron chi connectivity index (χ1n) is 7.48. The third-order valence-electron chi connectivity index (χ3n) is 3.65. The van der Waals surface area contributed by atoms with Gasteiger partial charge in [-0.25, -0.2) is 4.98 Å². The Morgan fingerprint density at radius 1 is 1.24 bits per heavy atom. The fourth-order valence-electron chi connectivity index (χ4n) is 2.23. The number of aromatic nitrogens is 1. The molecule has 2 N–H and O–H groups in total. The zero-order chi connectivity index (χ0) is 16.2. The van der Waals surface area contributed by atoms with Crippen molar-refractivity contribution in [3.05, 3.63) is 30.3 Å². The second-order valence-corrected chi connectivity index (χ2v) is 5.29. The van der Waals surface area contributed by atoms with Crippen molar-refractivity contribution in [3.63, 3.8) is 0 Å². The molecule has 138 valence electrons. The molecule has 1 aromatic heterocycles. The third-order valence-corrected chi connectivity index (χ3v) is 3.65. The van der Waals surface area contributed by atoms with Crippen molar-refractivity contribution in [1.29, 1.82) is 0 Å². The van der Waals surface area contributed by atoms with E-state index in [0.29, 0.717) is 37.0 Å². The zero-order valence-corrected chi connectivity index (χ0v) is 15.5. The Bertz CT molecular complexity index is 708. The van der Waals surface area contributed by atoms with E-state index in [2.05, 4.69) is 15.6 Å². The van der Waals surface area contributed by atoms with Crippen molar-refractivity contribution in [1.82, 2.24) is 15.6 Å². The van der Waals surface area contributed by atoms with Crippen molar-refractivity contribution >= 4 is 30.7 Å². The molecule has 0 aliphatic carbocycles. The Labute approximate surface area is 158 Å². The molecule has 2 heterocycles. The molecule has 0 saturated heterocycles. The van der Waals surface area contributed by atoms with Crippen LogP contribution in [0.2, 0.25) is 0 Å². The van der Waals surface area contributed by atoms with Crippen LogP contribution in [0.15, 0.2) is 29.0 Å². The topological polar surface area (TPSA) is 85.6 Å². The van der Waals surface area contributed by atoms with Crippen LogP contribution in [0, 0.1) is 0 Å². The number of rotatable bonds is 5. The van der Waals surface area contributed by atoms with Crippen LogP contribution in [0.4, 0.5) is 0 Å². The highest BCUT2D eigenvalue weighted by molar-refractivity contribution is 5.97. The van der Waals surface area contributed by atoms with Gasteiger partial charge in [0.2, 0.25) is 0 Å². The van der Waals surface area contributed by atoms with Crippen molar-refractivity contribution in [2.75, 3.05) is 26.8 Å². The summed E-state index contributed by atoms with van der Waals surface area (Å²) >= 11 is 0. The summed E-state index contributed by atoms with van der Waals surface area (Å²) in [5.41, 5.74) is 0.976. The van der Waals surface area contributed by atoms with Gasteiger partial charge in [-0.2, -0.15) is 0 Å². The number of nitrogens with zero attached hydrogens (tertiary/aromatic N) is 1. The van der Waals surface area contributed by atoms with Gasteiger partial charge in [0.1, 0.15) is 13.2 Å². The average molecular weight is 390 g/mol. The minimum atomic E-state index is -0.272. The van der Waals surface area contributed by atoms with Gasteiger partial charge in [-0.3, -0.25) is 4.79 Å². The Morgan fingerprint density at radius 3 is 2.68 bits per heavy atom. The van der Waals surface area contributed by atoms with Crippen molar-refractivity contribution in [2.24, 2.45) is 0 Å². The largest absolute Gasteiger partial charge is 0.486 e. The molecule has 0 radical (unpaired) electrons. The minimum Gasteiger partial charge on any atom is -0.486 e. The number of nitrogens with one attached hydrogen (secondary N) is 2. The first-order valence-corrected chi connectivity index (χ1v) is 7.48. The molecule has 0 saturated carbocycles. The van der Waals surface area contributed by atoms with E-state index in [0.717, 1.165) is 5.56 Å². The number of likely N-dealkylation sites (N-methyl/N-ethyl adjacent to an activating group) is 1. The molecule has 2 aromatic rings. The molecule has 1 unspecified atom stereocenters. The van der Waals surface area contributed by atoms with Gasteiger partial charge in [0.15, 0.2) is 29.3 Å². The highest BCUT2D eigenvalue weighted by atomic mass is 35.5. The molecular formula is C16H21Cl2N3O4. The summed E-state index contributed by atoms with van der Waals surface area (Å²) in [5, 5.41) is 5.89. The predicted octanol–water partition coefficient (Wildman–Crippen LogP) is 2.29. The summed E-state index contributed by atoms with van der Waals surface area (Å²) in [6, 6.07) is 5.59. The van der Waals surface area contributed by atoms with Gasteiger partial charge in [-0.05, 0) is 32.2 Å². The maximum absolute atomic E-state index is 12.3. The molecule has 1 aromatic carbocycles. The number of hydrogen-bond acceptors (Lipinski definition) is 6. The first-order chi connectivity index (χ1) is 11.2. The average Bonchev–Trinajstić information content (AvgIpc) is 3.08. The number of benzene rings is 1. The maximum Gasteiger partial charge on any atom is 0.273 e. The maximum atomic E-state index is 12.3. The highest BCUT2D eigenvalue weighted by Crippen LogP contribution is 2.35. The van der Waals surface area contributed by atoms with E-state index < -0.39 is 0 Å². The Hall–Kier alpha value is -1.96. The second-order valence-electron chi connectivity index (χ2n) is 5.29. The number of carbonyl (C=O) groups excluding carboxylic acids is 1. The minimum absolute atomic E-state index is 0. The van der Waals surface area contributed by atoms with Gasteiger partial charge < -0.3 is 24.5 Å². The molecule has 1 amide bonds. The number of fused-ring (bicyclic) bond motifs is 1. The van der Waals surface area contributed by atoms with Gasteiger partial charge >= 0.3 is 0 Å². The van der Waals surface area contributed by atoms with Crippen LogP contribution in [0.3, 0.4) is 0 Å². The van der Waals surface area contributed by atoms with Crippen LogP contribution in [-0.4, -0.2) is 43.7 Å². The standard InChI is InChI=1S/C16H19N3O4.2ClH/c1-10(17-2)8-18-16(20)14-15(23-9-19-14)11-3-4-12-13(7-11)22-6-5-21-12;;/h3-4,7,9-10,17H,5-6,8H2,1-2H3,(H,18,20);2*1H. The highest BCUT2D eigenvalue weighted by Gasteiger charge is 2.21. The molecule has 7 nitrogen and oxygen atoms in total. The number of amides is 1. The summed E-state index contributed by atoms with van der Waals surface area (Å²) in [4.78, 5) is 16.3. The van der Waals surface area contributed by atoms with E-state index in [9.17, 15) is 4.79 Å². The zero-order valence-electron chi connectivity index (χ0n) is 13.9. The van der Waals surface area contributed by atoms with E-state index >= 15 is 0 Å². The van der Waals surface area contributed by atoms with Gasteiger partial charge in [0, 0.05) is 18.2 Å². The molecule has 25 heavy (non-hydrogen) atoms. The summed E-state index contributed by atoms with van der Waals surface area (Å²) in [6.45, 7) is 3.52. The number of hydrogen-bond donors (Lipinski definition) is 2. The lowest BCUT2D eigenvalue weighted by molar-refractivity contribution is 0.0946. The second kappa shape index (κ2) is 9.50. The molecule has 0 bridgehead atoms. The van der Waals surface area contributed by atoms with Gasteiger partial charge in [-0.15, -0.1) is 24.8 Å². The normalized spacial score (nSPS) is 13.2. The van der Waals surface area contributed by atoms with Crippen LogP contribution in [-0.2, 0) is 0 Å². The number of ether oxygens (including phenoxy) is 2. The number of carbonyl (C=O) groups is 1. The van der Waals surface area contributed by atoms with Gasteiger partial charge in [0.05, 0.1) is 0 Å². The Balaban J connectivity index is 0.00000156. The lowest BCUT2D eigenvalue weighted by atomic mass is 10.1. The van der Waals surface area contributed by atoms with E-state index in [1.807, 2.05) is 20.0 Å². The SMILES string of the molecule is CNC(C)CNC(=O)c1ncoc1-c1ccc2c(c1)OCCO2.Cl.Cl. The summed E-state index contributed by atoms with van der Waals surface area (Å²) < 4.78 is 16.5. The smallest absolute Gasteiger partial charge is 0.273 e.